The number of unbranched alkanes of at least 4 members (excludes halogenated alkanes) is 7. The van der Waals surface area contributed by atoms with Gasteiger partial charge in [-0.05, 0) is 13.0 Å². The van der Waals surface area contributed by atoms with Crippen molar-refractivity contribution < 1.29 is 10.3 Å². The molecule has 0 bridgehead atoms. The maximum absolute atomic E-state index is 8.36. The Morgan fingerprint density at radius 3 is 1.73 bits per heavy atom. The molecule has 0 atom stereocenters. The molecule has 0 fully saturated rings. The van der Waals surface area contributed by atoms with Gasteiger partial charge in [0.05, 0.1) is 0 Å². The lowest BCUT2D eigenvalue weighted by molar-refractivity contribution is -0.742. The lowest BCUT2D eigenvalue weighted by atomic mass is 10.1. The number of nitrogens with zero attached hydrogens (tertiary/aromatic N) is 1. The second-order valence-corrected chi connectivity index (χ2v) is 3.50. The highest BCUT2D eigenvalue weighted by atomic mass is 16.9. The van der Waals surface area contributed by atoms with Crippen LogP contribution in [0, 0.1) is 10.1 Å². The Balaban J connectivity index is 0. The fourth-order valence-electron chi connectivity index (χ4n) is 1.28. The fourth-order valence-corrected chi connectivity index (χ4v) is 1.28. The first-order valence-electron chi connectivity index (χ1n) is 5.68. The van der Waals surface area contributed by atoms with Crippen LogP contribution in [0.5, 0.6) is 0 Å². The van der Waals surface area contributed by atoms with E-state index in [1.54, 1.807) is 0 Å². The largest absolute Gasteiger partial charge is 0.330 e. The second kappa shape index (κ2) is 15.6. The Morgan fingerprint density at radius 1 is 1.07 bits per heavy atom. The van der Waals surface area contributed by atoms with Gasteiger partial charge in [-0.1, -0.05) is 51.9 Å². The molecule has 0 aromatic carbocycles. The molecule has 0 heterocycles. The molecule has 3 N–H and O–H groups in total. The summed E-state index contributed by atoms with van der Waals surface area (Å²) in [4.78, 5) is 8.36. The molecule has 0 spiro atoms. The van der Waals surface area contributed by atoms with Gasteiger partial charge in [-0.3, -0.25) is 0 Å². The van der Waals surface area contributed by atoms with E-state index < -0.39 is 5.09 Å². The third-order valence-electron chi connectivity index (χ3n) is 2.06. The molecule has 0 aromatic rings. The maximum Gasteiger partial charge on any atom is 0.291 e. The zero-order valence-corrected chi connectivity index (χ0v) is 9.65. The SMILES string of the molecule is CCCCCCCCCCN.O=[N+]([O-])O. The van der Waals surface area contributed by atoms with Gasteiger partial charge in [-0.25, -0.2) is 0 Å². The summed E-state index contributed by atoms with van der Waals surface area (Å²) in [5.74, 6) is 0. The Morgan fingerprint density at radius 2 is 1.40 bits per heavy atom. The summed E-state index contributed by atoms with van der Waals surface area (Å²) in [6.45, 7) is 3.13. The van der Waals surface area contributed by atoms with Crippen LogP contribution in [0.25, 0.3) is 0 Å². The summed E-state index contributed by atoms with van der Waals surface area (Å²) in [5.41, 5.74) is 5.39. The van der Waals surface area contributed by atoms with E-state index >= 15 is 0 Å². The summed E-state index contributed by atoms with van der Waals surface area (Å²) in [7, 11) is 0. The summed E-state index contributed by atoms with van der Waals surface area (Å²) in [5, 5.41) is 13.6. The van der Waals surface area contributed by atoms with Crippen molar-refractivity contribution in [2.45, 2.75) is 58.3 Å². The lowest BCUT2D eigenvalue weighted by Gasteiger charge is -1.99. The third kappa shape index (κ3) is 32.0. The highest BCUT2D eigenvalue weighted by Gasteiger charge is 1.89. The second-order valence-electron chi connectivity index (χ2n) is 3.50. The van der Waals surface area contributed by atoms with Gasteiger partial charge in [-0.2, -0.15) is 0 Å². The minimum Gasteiger partial charge on any atom is -0.330 e. The van der Waals surface area contributed by atoms with Gasteiger partial charge in [0.15, 0.2) is 0 Å². The van der Waals surface area contributed by atoms with Gasteiger partial charge in [0.2, 0.25) is 0 Å². The van der Waals surface area contributed by atoms with Crippen molar-refractivity contribution in [3.05, 3.63) is 10.1 Å². The van der Waals surface area contributed by atoms with Crippen LogP contribution in [-0.2, 0) is 0 Å². The molecule has 0 aliphatic rings. The molecule has 92 valence electrons. The third-order valence-corrected chi connectivity index (χ3v) is 2.06. The molecule has 0 aliphatic carbocycles. The highest BCUT2D eigenvalue weighted by Crippen LogP contribution is 2.07. The molecule has 0 aromatic heterocycles. The molecule has 0 amide bonds. The molecule has 0 rings (SSSR count). The highest BCUT2D eigenvalue weighted by molar-refractivity contribution is 4.45. The molecule has 0 saturated heterocycles. The quantitative estimate of drug-likeness (QED) is 0.374. The number of rotatable bonds is 8. The smallest absolute Gasteiger partial charge is 0.291 e. The van der Waals surface area contributed by atoms with E-state index in [1.807, 2.05) is 0 Å². The van der Waals surface area contributed by atoms with Crippen LogP contribution in [0.15, 0.2) is 0 Å². The van der Waals surface area contributed by atoms with Crippen molar-refractivity contribution in [2.75, 3.05) is 6.54 Å². The molecular weight excluding hydrogens is 196 g/mol. The normalized spacial score (nSPS) is 9.20. The van der Waals surface area contributed by atoms with Gasteiger partial charge >= 0.3 is 0 Å². The van der Waals surface area contributed by atoms with Crippen molar-refractivity contribution in [1.29, 1.82) is 0 Å². The Kier molecular flexibility index (Phi) is 17.3. The minimum atomic E-state index is -1.50. The van der Waals surface area contributed by atoms with E-state index in [2.05, 4.69) is 6.92 Å². The van der Waals surface area contributed by atoms with Crippen molar-refractivity contribution >= 4 is 0 Å². The number of nitrogens with two attached hydrogens (primary N) is 1. The van der Waals surface area contributed by atoms with E-state index in [1.165, 1.54) is 51.4 Å². The van der Waals surface area contributed by atoms with E-state index in [4.69, 9.17) is 21.1 Å². The first-order chi connectivity index (χ1) is 7.15. The molecular formula is C10H24N2O3. The Labute approximate surface area is 91.8 Å². The summed E-state index contributed by atoms with van der Waals surface area (Å²) in [6.07, 6.45) is 11.0. The van der Waals surface area contributed by atoms with Crippen LogP contribution in [-0.4, -0.2) is 16.8 Å². The van der Waals surface area contributed by atoms with Gasteiger partial charge in [0, 0.05) is 0 Å². The average molecular weight is 220 g/mol. The molecule has 0 aliphatic heterocycles. The first-order valence-corrected chi connectivity index (χ1v) is 5.68. The van der Waals surface area contributed by atoms with Crippen molar-refractivity contribution in [2.24, 2.45) is 5.73 Å². The molecule has 0 saturated carbocycles. The van der Waals surface area contributed by atoms with Crippen LogP contribution < -0.4 is 5.73 Å². The number of hydrogen-bond acceptors (Lipinski definition) is 3. The van der Waals surface area contributed by atoms with Crippen molar-refractivity contribution in [1.82, 2.24) is 0 Å². The summed E-state index contributed by atoms with van der Waals surface area (Å²) in [6, 6.07) is 0. The summed E-state index contributed by atoms with van der Waals surface area (Å²) >= 11 is 0. The van der Waals surface area contributed by atoms with Gasteiger partial charge < -0.3 is 10.9 Å². The molecule has 0 unspecified atom stereocenters. The first kappa shape index (κ1) is 16.6. The van der Waals surface area contributed by atoms with Crippen molar-refractivity contribution in [3.8, 4) is 0 Å². The fraction of sp³-hybridized carbons (Fsp3) is 1.00. The zero-order valence-electron chi connectivity index (χ0n) is 9.65. The Bertz CT molecular complexity index is 120. The predicted octanol–water partition coefficient (Wildman–Crippen LogP) is 2.74. The maximum atomic E-state index is 8.36. The van der Waals surface area contributed by atoms with E-state index in [0.29, 0.717) is 0 Å². The number of hydrogen-bond donors (Lipinski definition) is 2. The van der Waals surface area contributed by atoms with Crippen LogP contribution in [0.1, 0.15) is 58.3 Å². The van der Waals surface area contributed by atoms with Gasteiger partial charge in [0.1, 0.15) is 0 Å². The van der Waals surface area contributed by atoms with Crippen LogP contribution in [0.4, 0.5) is 0 Å². The van der Waals surface area contributed by atoms with E-state index in [9.17, 15) is 0 Å². The van der Waals surface area contributed by atoms with Crippen LogP contribution >= 0.6 is 0 Å². The zero-order chi connectivity index (χ0) is 11.9. The predicted molar refractivity (Wildman–Crippen MR) is 60.4 cm³/mol. The topological polar surface area (TPSA) is 89.4 Å². The molecule has 5 heteroatoms. The monoisotopic (exact) mass is 220 g/mol. The summed E-state index contributed by atoms with van der Waals surface area (Å²) < 4.78 is 0. The van der Waals surface area contributed by atoms with Crippen molar-refractivity contribution in [3.63, 3.8) is 0 Å². The lowest BCUT2D eigenvalue weighted by Crippen LogP contribution is -1.97. The van der Waals surface area contributed by atoms with Crippen LogP contribution in [0.2, 0.25) is 0 Å². The van der Waals surface area contributed by atoms with Crippen LogP contribution in [0.3, 0.4) is 0 Å². The van der Waals surface area contributed by atoms with E-state index in [0.717, 1.165) is 6.54 Å². The minimum absolute atomic E-state index is 0.870. The molecule has 0 radical (unpaired) electrons. The average Bonchev–Trinajstić information content (AvgIpc) is 2.16. The van der Waals surface area contributed by atoms with Gasteiger partial charge in [0.25, 0.3) is 5.09 Å². The standard InChI is InChI=1S/C10H23N.HNO3/c1-2-3-4-5-6-7-8-9-10-11;2-1(3)4/h2-11H2,1H3;(H,2,3,4). The Hall–Kier alpha value is -0.840. The van der Waals surface area contributed by atoms with E-state index in [-0.39, 0.29) is 0 Å². The molecule has 5 nitrogen and oxygen atoms in total. The van der Waals surface area contributed by atoms with Gasteiger partial charge in [-0.15, -0.1) is 10.1 Å². The molecule has 15 heavy (non-hydrogen) atoms.